The van der Waals surface area contributed by atoms with Crippen molar-refractivity contribution in [1.29, 1.82) is 0 Å². The summed E-state index contributed by atoms with van der Waals surface area (Å²) in [4.78, 5) is 24.8. The molecule has 3 rings (SSSR count). The quantitative estimate of drug-likeness (QED) is 0.773. The van der Waals surface area contributed by atoms with E-state index in [9.17, 15) is 14.7 Å². The zero-order valence-corrected chi connectivity index (χ0v) is 14.2. The number of anilines is 1. The second-order valence-electron chi connectivity index (χ2n) is 6.78. The lowest BCUT2D eigenvalue weighted by Gasteiger charge is -2.25. The molecule has 2 unspecified atom stereocenters. The van der Waals surface area contributed by atoms with E-state index in [0.29, 0.717) is 17.3 Å². The smallest absolute Gasteiger partial charge is 0.261 e. The lowest BCUT2D eigenvalue weighted by Crippen LogP contribution is -2.32. The summed E-state index contributed by atoms with van der Waals surface area (Å²) in [6.45, 7) is 2.50. The molecule has 5 nitrogen and oxygen atoms in total. The van der Waals surface area contributed by atoms with Gasteiger partial charge >= 0.3 is 0 Å². The normalized spacial score (nSPS) is 24.3. The lowest BCUT2D eigenvalue weighted by molar-refractivity contribution is -0.117. The molecule has 2 aliphatic carbocycles. The van der Waals surface area contributed by atoms with Gasteiger partial charge in [-0.15, -0.1) is 11.3 Å². The summed E-state index contributed by atoms with van der Waals surface area (Å²) in [5, 5.41) is 16.3. The summed E-state index contributed by atoms with van der Waals surface area (Å²) in [6, 6.07) is 1.87. The molecule has 126 valence electrons. The first kappa shape index (κ1) is 16.5. The Morgan fingerprint density at radius 1 is 1.30 bits per heavy atom. The maximum absolute atomic E-state index is 12.4. The van der Waals surface area contributed by atoms with Crippen LogP contribution in [0.15, 0.2) is 6.07 Å². The number of carbonyl (C=O) groups excluding carboxylic acids is 2. The van der Waals surface area contributed by atoms with Gasteiger partial charge < -0.3 is 15.7 Å². The number of aryl methyl sites for hydroxylation is 1. The SMILES string of the molecule is Cc1cc(NC(=O)C2CC2)sc1C(=O)NCC1CCCC(O)C1. The molecule has 6 heteroatoms. The molecule has 0 spiro atoms. The third-order valence-corrected chi connectivity index (χ3v) is 5.78. The Hall–Kier alpha value is -1.40. The van der Waals surface area contributed by atoms with E-state index < -0.39 is 0 Å². The van der Waals surface area contributed by atoms with Gasteiger partial charge in [0.25, 0.3) is 5.91 Å². The molecule has 2 atom stereocenters. The number of aliphatic hydroxyl groups is 1. The molecule has 2 amide bonds. The van der Waals surface area contributed by atoms with Gasteiger partial charge in [0.05, 0.1) is 16.0 Å². The molecular formula is C17H24N2O3S. The highest BCUT2D eigenvalue weighted by Gasteiger charge is 2.30. The Labute approximate surface area is 140 Å². The van der Waals surface area contributed by atoms with Crippen molar-refractivity contribution in [1.82, 2.24) is 5.32 Å². The van der Waals surface area contributed by atoms with Crippen molar-refractivity contribution in [2.45, 2.75) is 51.6 Å². The van der Waals surface area contributed by atoms with Crippen LogP contribution in [-0.4, -0.2) is 29.6 Å². The van der Waals surface area contributed by atoms with Gasteiger partial charge in [0.2, 0.25) is 5.91 Å². The molecule has 1 aromatic rings. The van der Waals surface area contributed by atoms with Crippen LogP contribution in [0.3, 0.4) is 0 Å². The monoisotopic (exact) mass is 336 g/mol. The molecule has 0 saturated heterocycles. The van der Waals surface area contributed by atoms with Crippen molar-refractivity contribution in [3.63, 3.8) is 0 Å². The fourth-order valence-electron chi connectivity index (χ4n) is 3.10. The standard InChI is InChI=1S/C17H24N2O3S/c1-10-7-14(19-16(21)12-5-6-12)23-15(10)17(22)18-9-11-3-2-4-13(20)8-11/h7,11-13,20H,2-6,8-9H2,1H3,(H,18,22)(H,19,21). The molecule has 3 N–H and O–H groups in total. The number of nitrogens with one attached hydrogen (secondary N) is 2. The molecule has 2 aliphatic rings. The van der Waals surface area contributed by atoms with E-state index in [1.54, 1.807) is 0 Å². The molecular weight excluding hydrogens is 312 g/mol. The van der Waals surface area contributed by atoms with E-state index in [-0.39, 0.29) is 23.8 Å². The molecule has 2 saturated carbocycles. The number of hydrogen-bond acceptors (Lipinski definition) is 4. The van der Waals surface area contributed by atoms with Gasteiger partial charge in [0, 0.05) is 12.5 Å². The Bertz CT molecular complexity index is 595. The van der Waals surface area contributed by atoms with Crippen molar-refractivity contribution in [3.05, 3.63) is 16.5 Å². The van der Waals surface area contributed by atoms with Crippen LogP contribution in [0.2, 0.25) is 0 Å². The molecule has 2 fully saturated rings. The largest absolute Gasteiger partial charge is 0.393 e. The number of rotatable bonds is 5. The molecule has 0 aliphatic heterocycles. The molecule has 1 aromatic heterocycles. The van der Waals surface area contributed by atoms with E-state index >= 15 is 0 Å². The maximum atomic E-state index is 12.4. The first-order valence-electron chi connectivity index (χ1n) is 8.40. The zero-order chi connectivity index (χ0) is 16.4. The average Bonchev–Trinajstić information content (AvgIpc) is 3.29. The Morgan fingerprint density at radius 2 is 2.09 bits per heavy atom. The van der Waals surface area contributed by atoms with Crippen molar-refractivity contribution in [3.8, 4) is 0 Å². The van der Waals surface area contributed by atoms with Crippen LogP contribution in [0.5, 0.6) is 0 Å². The minimum absolute atomic E-state index is 0.0643. The summed E-state index contributed by atoms with van der Waals surface area (Å²) in [7, 11) is 0. The second kappa shape index (κ2) is 7.01. The summed E-state index contributed by atoms with van der Waals surface area (Å²) >= 11 is 1.33. The fraction of sp³-hybridized carbons (Fsp3) is 0.647. The van der Waals surface area contributed by atoms with Gasteiger partial charge in [-0.05, 0) is 56.6 Å². The van der Waals surface area contributed by atoms with Crippen LogP contribution in [0.4, 0.5) is 5.00 Å². The summed E-state index contributed by atoms with van der Waals surface area (Å²) in [5.41, 5.74) is 0.891. The number of hydrogen-bond donors (Lipinski definition) is 3. The summed E-state index contributed by atoms with van der Waals surface area (Å²) in [5.74, 6) is 0.498. The minimum Gasteiger partial charge on any atom is -0.393 e. The zero-order valence-electron chi connectivity index (χ0n) is 13.4. The van der Waals surface area contributed by atoms with Crippen LogP contribution >= 0.6 is 11.3 Å². The second-order valence-corrected chi connectivity index (χ2v) is 7.83. The van der Waals surface area contributed by atoms with Gasteiger partial charge in [-0.3, -0.25) is 9.59 Å². The number of carbonyl (C=O) groups is 2. The van der Waals surface area contributed by atoms with Crippen LogP contribution in [0, 0.1) is 18.8 Å². The third-order valence-electron chi connectivity index (χ3n) is 4.62. The number of thiophene rings is 1. The predicted molar refractivity (Wildman–Crippen MR) is 90.7 cm³/mol. The molecule has 23 heavy (non-hydrogen) atoms. The molecule has 1 heterocycles. The van der Waals surface area contributed by atoms with Crippen LogP contribution < -0.4 is 10.6 Å². The number of amides is 2. The third kappa shape index (κ3) is 4.32. The Balaban J connectivity index is 1.54. The fourth-order valence-corrected chi connectivity index (χ4v) is 4.10. The lowest BCUT2D eigenvalue weighted by atomic mass is 9.87. The predicted octanol–water partition coefficient (Wildman–Crippen LogP) is 2.69. The van der Waals surface area contributed by atoms with E-state index in [0.717, 1.165) is 49.1 Å². The highest BCUT2D eigenvalue weighted by molar-refractivity contribution is 7.18. The van der Waals surface area contributed by atoms with Crippen LogP contribution in [0.1, 0.15) is 53.8 Å². The van der Waals surface area contributed by atoms with Gasteiger partial charge in [-0.1, -0.05) is 6.42 Å². The van der Waals surface area contributed by atoms with Crippen molar-refractivity contribution < 1.29 is 14.7 Å². The van der Waals surface area contributed by atoms with Crippen molar-refractivity contribution >= 4 is 28.2 Å². The van der Waals surface area contributed by atoms with Gasteiger partial charge in [-0.2, -0.15) is 0 Å². The topological polar surface area (TPSA) is 78.4 Å². The van der Waals surface area contributed by atoms with Crippen molar-refractivity contribution in [2.24, 2.45) is 11.8 Å². The highest BCUT2D eigenvalue weighted by Crippen LogP contribution is 2.33. The van der Waals surface area contributed by atoms with E-state index in [2.05, 4.69) is 10.6 Å². The van der Waals surface area contributed by atoms with Gasteiger partial charge in [-0.25, -0.2) is 0 Å². The number of aliphatic hydroxyl groups excluding tert-OH is 1. The summed E-state index contributed by atoms with van der Waals surface area (Å²) in [6.07, 6.45) is 5.44. The van der Waals surface area contributed by atoms with Gasteiger partial charge in [0.1, 0.15) is 0 Å². The van der Waals surface area contributed by atoms with E-state index in [1.807, 2.05) is 13.0 Å². The van der Waals surface area contributed by atoms with Crippen molar-refractivity contribution in [2.75, 3.05) is 11.9 Å². The minimum atomic E-state index is -0.224. The highest BCUT2D eigenvalue weighted by atomic mass is 32.1. The molecule has 0 aromatic carbocycles. The molecule has 0 radical (unpaired) electrons. The first-order chi connectivity index (χ1) is 11.0. The van der Waals surface area contributed by atoms with E-state index in [1.165, 1.54) is 11.3 Å². The van der Waals surface area contributed by atoms with Crippen LogP contribution in [-0.2, 0) is 4.79 Å². The Morgan fingerprint density at radius 3 is 2.78 bits per heavy atom. The first-order valence-corrected chi connectivity index (χ1v) is 9.22. The Kier molecular flexibility index (Phi) is 5.02. The van der Waals surface area contributed by atoms with Crippen LogP contribution in [0.25, 0.3) is 0 Å². The van der Waals surface area contributed by atoms with Gasteiger partial charge in [0.15, 0.2) is 0 Å². The summed E-state index contributed by atoms with van der Waals surface area (Å²) < 4.78 is 0. The van der Waals surface area contributed by atoms with E-state index in [4.69, 9.17) is 0 Å². The average molecular weight is 336 g/mol. The maximum Gasteiger partial charge on any atom is 0.261 e. The molecule has 0 bridgehead atoms.